The molecule has 0 N–H and O–H groups in total. The van der Waals surface area contributed by atoms with Crippen molar-refractivity contribution in [2.24, 2.45) is 0 Å². The third-order valence-electron chi connectivity index (χ3n) is 3.32. The van der Waals surface area contributed by atoms with E-state index in [2.05, 4.69) is 39.3 Å². The topological polar surface area (TPSA) is 72.5 Å². The van der Waals surface area contributed by atoms with Crippen LogP contribution in [0.5, 0.6) is 0 Å². The summed E-state index contributed by atoms with van der Waals surface area (Å²) in [6.07, 6.45) is -0.203. The molecule has 1 aliphatic rings. The third-order valence-corrected chi connectivity index (χ3v) is 11.9. The summed E-state index contributed by atoms with van der Waals surface area (Å²) in [6, 6.07) is 0. The van der Waals surface area contributed by atoms with E-state index in [0.29, 0.717) is 6.42 Å². The molecule has 174 valence electrons. The summed E-state index contributed by atoms with van der Waals surface area (Å²) >= 11 is 0. The Morgan fingerprint density at radius 2 is 1.21 bits per heavy atom. The number of ether oxygens (including phenoxy) is 1. The van der Waals surface area contributed by atoms with Gasteiger partial charge in [-0.25, -0.2) is 4.57 Å². The van der Waals surface area contributed by atoms with Crippen molar-refractivity contribution in [3.8, 4) is 0 Å². The number of hydrogen-bond donors (Lipinski definition) is 0. The van der Waals surface area contributed by atoms with Crippen molar-refractivity contribution < 1.29 is 31.1 Å². The molecule has 0 radical (unpaired) electrons. The quantitative estimate of drug-likeness (QED) is 0.253. The fourth-order valence-electron chi connectivity index (χ4n) is 2.78. The van der Waals surface area contributed by atoms with Crippen molar-refractivity contribution in [1.82, 2.24) is 0 Å². The van der Waals surface area contributed by atoms with Crippen molar-refractivity contribution in [1.29, 1.82) is 0 Å². The van der Waals surface area contributed by atoms with Gasteiger partial charge in [0.1, 0.15) is 6.10 Å². The van der Waals surface area contributed by atoms with Gasteiger partial charge in [-0.3, -0.25) is 4.52 Å². The molecular weight excluding hydrogens is 459 g/mol. The highest BCUT2D eigenvalue weighted by molar-refractivity contribution is 7.52. The van der Waals surface area contributed by atoms with Crippen LogP contribution in [0.4, 0.5) is 0 Å². The summed E-state index contributed by atoms with van der Waals surface area (Å²) in [4.78, 5) is 0. The molecule has 1 rings (SSSR count). The minimum absolute atomic E-state index is 0.0902. The zero-order chi connectivity index (χ0) is 22.9. The highest BCUT2D eigenvalue weighted by Gasteiger charge is 2.44. The molecule has 0 aromatic rings. The molecule has 7 nitrogen and oxygen atoms in total. The second-order valence-electron chi connectivity index (χ2n) is 11.5. The fourth-order valence-corrected chi connectivity index (χ4v) is 11.5. The summed E-state index contributed by atoms with van der Waals surface area (Å²) in [5.41, 5.74) is 0. The van der Waals surface area contributed by atoms with Gasteiger partial charge in [-0.1, -0.05) is 0 Å². The van der Waals surface area contributed by atoms with Crippen LogP contribution >= 0.6 is 7.82 Å². The van der Waals surface area contributed by atoms with Crippen LogP contribution in [-0.4, -0.2) is 58.4 Å². The van der Waals surface area contributed by atoms with Gasteiger partial charge >= 0.3 is 7.82 Å². The second-order valence-corrected chi connectivity index (χ2v) is 31.5. The first-order chi connectivity index (χ1) is 12.7. The predicted molar refractivity (Wildman–Crippen MR) is 128 cm³/mol. The van der Waals surface area contributed by atoms with E-state index in [9.17, 15) is 4.57 Å². The first-order valence-electron chi connectivity index (χ1n) is 10.3. The van der Waals surface area contributed by atoms with E-state index in [-0.39, 0.29) is 25.1 Å². The van der Waals surface area contributed by atoms with Crippen LogP contribution in [-0.2, 0) is 31.1 Å². The molecule has 1 saturated heterocycles. The van der Waals surface area contributed by atoms with Gasteiger partial charge in [0.2, 0.25) is 0 Å². The molecule has 0 aliphatic carbocycles. The Hall–Kier alpha value is 0.858. The van der Waals surface area contributed by atoms with Gasteiger partial charge < -0.3 is 22.0 Å². The lowest BCUT2D eigenvalue weighted by Gasteiger charge is -2.31. The van der Waals surface area contributed by atoms with Gasteiger partial charge in [0, 0.05) is 6.42 Å². The predicted octanol–water partition coefficient (Wildman–Crippen LogP) is 6.00. The smallest absolute Gasteiger partial charge is 0.412 e. The molecule has 29 heavy (non-hydrogen) atoms. The number of phosphoric acid groups is 1. The number of hydrogen-bond acceptors (Lipinski definition) is 7. The van der Waals surface area contributed by atoms with Crippen LogP contribution in [0.3, 0.4) is 0 Å². The maximum Gasteiger partial charge on any atom is 0.455 e. The standard InChI is InChI=1S/C17H43O7PSi4/c1-26(2,3)21-15-13-17(22-27(4,5)6)20-16(15)14-19-25(18,23-28(7,8)9)24-29(10,11)12/h15-17H,13-14H2,1-12H3. The molecule has 0 aromatic heterocycles. The summed E-state index contributed by atoms with van der Waals surface area (Å²) < 4.78 is 49.6. The van der Waals surface area contributed by atoms with Crippen molar-refractivity contribution >= 4 is 41.1 Å². The molecule has 1 fully saturated rings. The Labute approximate surface area is 182 Å². The van der Waals surface area contributed by atoms with E-state index in [1.165, 1.54) is 0 Å². The molecule has 0 saturated carbocycles. The largest absolute Gasteiger partial charge is 0.455 e. The van der Waals surface area contributed by atoms with Gasteiger partial charge in [-0.15, -0.1) is 0 Å². The summed E-state index contributed by atoms with van der Waals surface area (Å²) in [7, 11) is -11.5. The Morgan fingerprint density at radius 3 is 1.59 bits per heavy atom. The summed E-state index contributed by atoms with van der Waals surface area (Å²) in [6.45, 7) is 24.7. The van der Waals surface area contributed by atoms with Gasteiger partial charge in [0.25, 0.3) is 0 Å². The zero-order valence-corrected chi connectivity index (χ0v) is 25.3. The molecule has 0 bridgehead atoms. The Kier molecular flexibility index (Phi) is 9.40. The van der Waals surface area contributed by atoms with Crippen LogP contribution in [0.1, 0.15) is 6.42 Å². The lowest BCUT2D eigenvalue weighted by Crippen LogP contribution is -2.38. The zero-order valence-electron chi connectivity index (χ0n) is 20.5. The Morgan fingerprint density at radius 1 is 0.759 bits per heavy atom. The van der Waals surface area contributed by atoms with Crippen molar-refractivity contribution in [3.05, 3.63) is 0 Å². The van der Waals surface area contributed by atoms with Crippen LogP contribution in [0.25, 0.3) is 0 Å². The van der Waals surface area contributed by atoms with E-state index in [4.69, 9.17) is 26.5 Å². The van der Waals surface area contributed by atoms with Crippen LogP contribution in [0.15, 0.2) is 0 Å². The van der Waals surface area contributed by atoms with E-state index in [1.54, 1.807) is 0 Å². The maximum absolute atomic E-state index is 13.4. The number of rotatable bonds is 11. The van der Waals surface area contributed by atoms with Crippen molar-refractivity contribution in [2.75, 3.05) is 6.61 Å². The van der Waals surface area contributed by atoms with Crippen LogP contribution in [0.2, 0.25) is 78.6 Å². The van der Waals surface area contributed by atoms with E-state index in [0.717, 1.165) is 0 Å². The monoisotopic (exact) mass is 502 g/mol. The molecule has 0 amide bonds. The average Bonchev–Trinajstić information content (AvgIpc) is 2.68. The van der Waals surface area contributed by atoms with Gasteiger partial charge in [0.05, 0.1) is 12.7 Å². The Bertz CT molecular complexity index is 558. The van der Waals surface area contributed by atoms with Gasteiger partial charge in [-0.05, 0) is 78.6 Å². The SMILES string of the molecule is C[Si](C)(C)OC1CC(O[Si](C)(C)C)C(COP(=O)(O[Si](C)(C)C)O[Si](C)(C)C)O1. The van der Waals surface area contributed by atoms with E-state index in [1.807, 2.05) is 39.3 Å². The fraction of sp³-hybridized carbons (Fsp3) is 1.00. The molecule has 3 atom stereocenters. The molecule has 0 aromatic carbocycles. The minimum atomic E-state index is -3.69. The van der Waals surface area contributed by atoms with Gasteiger partial charge in [0.15, 0.2) is 39.6 Å². The molecule has 3 unspecified atom stereocenters. The highest BCUT2D eigenvalue weighted by Crippen LogP contribution is 2.54. The normalized spacial score (nSPS) is 24.9. The van der Waals surface area contributed by atoms with E-state index >= 15 is 0 Å². The molecule has 12 heteroatoms. The lowest BCUT2D eigenvalue weighted by molar-refractivity contribution is -0.0950. The average molecular weight is 503 g/mol. The second kappa shape index (κ2) is 9.78. The maximum atomic E-state index is 13.4. The molecule has 1 heterocycles. The third kappa shape index (κ3) is 12.5. The lowest BCUT2D eigenvalue weighted by atomic mass is 10.2. The first-order valence-corrected chi connectivity index (χ1v) is 25.4. The summed E-state index contributed by atoms with van der Waals surface area (Å²) in [5.74, 6) is 0. The summed E-state index contributed by atoms with van der Waals surface area (Å²) in [5, 5.41) is 0. The van der Waals surface area contributed by atoms with Crippen LogP contribution < -0.4 is 0 Å². The minimum Gasteiger partial charge on any atom is -0.412 e. The molecule has 0 spiro atoms. The first kappa shape index (κ1) is 27.9. The van der Waals surface area contributed by atoms with Crippen LogP contribution in [0, 0.1) is 0 Å². The van der Waals surface area contributed by atoms with E-state index < -0.39 is 41.1 Å². The molecular formula is C17H43O7PSi4. The van der Waals surface area contributed by atoms with Crippen molar-refractivity contribution in [2.45, 2.75) is 103 Å². The Balaban J connectivity index is 2.94. The van der Waals surface area contributed by atoms with Crippen molar-refractivity contribution in [3.63, 3.8) is 0 Å². The highest BCUT2D eigenvalue weighted by atomic mass is 31.2. The molecule has 1 aliphatic heterocycles. The van der Waals surface area contributed by atoms with Gasteiger partial charge in [-0.2, -0.15) is 0 Å².